The first-order valence-corrected chi connectivity index (χ1v) is 3.53. The van der Waals surface area contributed by atoms with E-state index in [1.54, 1.807) is 0 Å². The number of benzene rings is 1. The molecule has 0 aliphatic carbocycles. The molecule has 1 heterocycles. The van der Waals surface area contributed by atoms with Gasteiger partial charge >= 0.3 is 5.91 Å². The minimum atomic E-state index is -0.810. The Balaban J connectivity index is 2.75. The molecular weight excluding hydrogens is 175 g/mol. The summed E-state index contributed by atoms with van der Waals surface area (Å²) in [6.07, 6.45) is 0. The van der Waals surface area contributed by atoms with Gasteiger partial charge in [0.1, 0.15) is 5.52 Å². The minimum absolute atomic E-state index is 0.0451. The van der Waals surface area contributed by atoms with E-state index in [1.807, 2.05) is 0 Å². The standard InChI is InChI=1S/C8H5FN2O2/c9-4-2-1-3-5-6(4)13-8(11-5)7(10)12/h1-3H,(H2,10,12). The van der Waals surface area contributed by atoms with Gasteiger partial charge in [0, 0.05) is 0 Å². The second-order valence-corrected chi connectivity index (χ2v) is 2.47. The highest BCUT2D eigenvalue weighted by Gasteiger charge is 2.12. The van der Waals surface area contributed by atoms with Gasteiger partial charge in [-0.15, -0.1) is 0 Å². The van der Waals surface area contributed by atoms with Gasteiger partial charge in [0.25, 0.3) is 5.89 Å². The zero-order chi connectivity index (χ0) is 9.42. The van der Waals surface area contributed by atoms with Gasteiger partial charge in [-0.1, -0.05) is 6.07 Å². The number of oxazole rings is 1. The third kappa shape index (κ3) is 1.14. The molecule has 5 heteroatoms. The van der Waals surface area contributed by atoms with Crippen LogP contribution in [0.3, 0.4) is 0 Å². The number of para-hydroxylation sites is 1. The quantitative estimate of drug-likeness (QED) is 0.713. The summed E-state index contributed by atoms with van der Waals surface area (Å²) in [5.41, 5.74) is 5.15. The Hall–Kier alpha value is -1.91. The first-order chi connectivity index (χ1) is 6.18. The molecule has 2 aromatic rings. The number of carbonyl (C=O) groups is 1. The summed E-state index contributed by atoms with van der Waals surface area (Å²) in [4.78, 5) is 14.3. The zero-order valence-electron chi connectivity index (χ0n) is 6.45. The number of halogens is 1. The third-order valence-electron chi connectivity index (χ3n) is 1.58. The average molecular weight is 180 g/mol. The van der Waals surface area contributed by atoms with E-state index in [-0.39, 0.29) is 17.0 Å². The Morgan fingerprint density at radius 3 is 2.92 bits per heavy atom. The molecule has 13 heavy (non-hydrogen) atoms. The Morgan fingerprint density at radius 1 is 1.54 bits per heavy atom. The molecule has 1 aromatic heterocycles. The predicted molar refractivity (Wildman–Crippen MR) is 42.5 cm³/mol. The summed E-state index contributed by atoms with van der Waals surface area (Å²) < 4.78 is 17.8. The number of fused-ring (bicyclic) bond motifs is 1. The van der Waals surface area contributed by atoms with Crippen LogP contribution in [0.4, 0.5) is 4.39 Å². The number of hydrogen-bond donors (Lipinski definition) is 1. The topological polar surface area (TPSA) is 69.1 Å². The van der Waals surface area contributed by atoms with E-state index < -0.39 is 11.7 Å². The Bertz CT molecular complexity index is 478. The normalized spacial score (nSPS) is 10.5. The van der Waals surface area contributed by atoms with Crippen LogP contribution in [0.5, 0.6) is 0 Å². The SMILES string of the molecule is NC(=O)c1nc2cccc(F)c2o1. The van der Waals surface area contributed by atoms with E-state index in [2.05, 4.69) is 4.98 Å². The molecule has 0 aliphatic rings. The molecule has 0 unspecified atom stereocenters. The second-order valence-electron chi connectivity index (χ2n) is 2.47. The maximum atomic E-state index is 13.0. The van der Waals surface area contributed by atoms with Gasteiger partial charge in [-0.3, -0.25) is 4.79 Å². The van der Waals surface area contributed by atoms with Crippen LogP contribution in [-0.2, 0) is 0 Å². The predicted octanol–water partition coefficient (Wildman–Crippen LogP) is 1.07. The van der Waals surface area contributed by atoms with Gasteiger partial charge in [0.15, 0.2) is 11.4 Å². The van der Waals surface area contributed by atoms with Gasteiger partial charge in [-0.05, 0) is 12.1 Å². The van der Waals surface area contributed by atoms with Gasteiger partial charge in [-0.25, -0.2) is 9.37 Å². The van der Waals surface area contributed by atoms with Crippen molar-refractivity contribution in [2.45, 2.75) is 0 Å². The van der Waals surface area contributed by atoms with Gasteiger partial charge in [0.2, 0.25) is 0 Å². The largest absolute Gasteiger partial charge is 0.429 e. The maximum Gasteiger partial charge on any atom is 0.304 e. The summed E-state index contributed by atoms with van der Waals surface area (Å²) in [6, 6.07) is 4.23. The minimum Gasteiger partial charge on any atom is -0.429 e. The molecule has 2 N–H and O–H groups in total. The molecule has 0 bridgehead atoms. The maximum absolute atomic E-state index is 13.0. The highest BCUT2D eigenvalue weighted by Crippen LogP contribution is 2.17. The van der Waals surface area contributed by atoms with Crippen LogP contribution in [-0.4, -0.2) is 10.9 Å². The van der Waals surface area contributed by atoms with Crippen LogP contribution in [0.1, 0.15) is 10.7 Å². The number of nitrogens with zero attached hydrogens (tertiary/aromatic N) is 1. The molecule has 4 nitrogen and oxygen atoms in total. The molecular formula is C8H5FN2O2. The van der Waals surface area contributed by atoms with Crippen molar-refractivity contribution in [3.05, 3.63) is 29.9 Å². The fraction of sp³-hybridized carbons (Fsp3) is 0. The summed E-state index contributed by atoms with van der Waals surface area (Å²) in [5.74, 6) is -1.65. The van der Waals surface area contributed by atoms with Crippen molar-refractivity contribution in [1.29, 1.82) is 0 Å². The zero-order valence-corrected chi connectivity index (χ0v) is 6.45. The van der Waals surface area contributed by atoms with Gasteiger partial charge < -0.3 is 10.2 Å². The first-order valence-electron chi connectivity index (χ1n) is 3.53. The van der Waals surface area contributed by atoms with Crippen LogP contribution < -0.4 is 5.73 Å². The summed E-state index contributed by atoms with van der Waals surface area (Å²) in [6.45, 7) is 0. The lowest BCUT2D eigenvalue weighted by Gasteiger charge is -1.85. The highest BCUT2D eigenvalue weighted by atomic mass is 19.1. The summed E-state index contributed by atoms with van der Waals surface area (Å²) >= 11 is 0. The molecule has 2 rings (SSSR count). The lowest BCUT2D eigenvalue weighted by Crippen LogP contribution is -2.10. The number of primary amides is 1. The summed E-state index contributed by atoms with van der Waals surface area (Å²) in [5, 5.41) is 0. The Morgan fingerprint density at radius 2 is 2.31 bits per heavy atom. The molecule has 0 aliphatic heterocycles. The van der Waals surface area contributed by atoms with Crippen molar-refractivity contribution in [2.75, 3.05) is 0 Å². The molecule has 66 valence electrons. The molecule has 0 atom stereocenters. The van der Waals surface area contributed by atoms with Crippen LogP contribution >= 0.6 is 0 Å². The molecule has 1 amide bonds. The third-order valence-corrected chi connectivity index (χ3v) is 1.58. The van der Waals surface area contributed by atoms with Crippen LogP contribution in [0, 0.1) is 5.82 Å². The highest BCUT2D eigenvalue weighted by molar-refractivity contribution is 5.91. The summed E-state index contributed by atoms with van der Waals surface area (Å²) in [7, 11) is 0. The average Bonchev–Trinajstić information content (AvgIpc) is 2.49. The van der Waals surface area contributed by atoms with E-state index in [0.717, 1.165) is 0 Å². The van der Waals surface area contributed by atoms with Crippen LogP contribution in [0.15, 0.2) is 22.6 Å². The van der Waals surface area contributed by atoms with Crippen molar-refractivity contribution < 1.29 is 13.6 Å². The first kappa shape index (κ1) is 7.72. The molecule has 0 fully saturated rings. The van der Waals surface area contributed by atoms with Gasteiger partial charge in [-0.2, -0.15) is 0 Å². The number of hydrogen-bond acceptors (Lipinski definition) is 3. The van der Waals surface area contributed by atoms with Gasteiger partial charge in [0.05, 0.1) is 0 Å². The lowest BCUT2D eigenvalue weighted by atomic mass is 10.3. The number of aromatic nitrogens is 1. The fourth-order valence-corrected chi connectivity index (χ4v) is 1.02. The number of rotatable bonds is 1. The smallest absolute Gasteiger partial charge is 0.304 e. The van der Waals surface area contributed by atoms with E-state index in [9.17, 15) is 9.18 Å². The lowest BCUT2D eigenvalue weighted by molar-refractivity contribution is 0.0969. The van der Waals surface area contributed by atoms with E-state index in [1.165, 1.54) is 18.2 Å². The monoisotopic (exact) mass is 180 g/mol. The molecule has 1 aromatic carbocycles. The Labute approximate surface area is 72.2 Å². The molecule has 0 radical (unpaired) electrons. The van der Waals surface area contributed by atoms with Crippen molar-refractivity contribution >= 4 is 17.0 Å². The van der Waals surface area contributed by atoms with Crippen LogP contribution in [0.2, 0.25) is 0 Å². The Kier molecular flexibility index (Phi) is 1.51. The number of carbonyl (C=O) groups excluding carboxylic acids is 1. The van der Waals surface area contributed by atoms with Crippen molar-refractivity contribution in [2.24, 2.45) is 5.73 Å². The number of nitrogens with two attached hydrogens (primary N) is 1. The fourth-order valence-electron chi connectivity index (χ4n) is 1.02. The van der Waals surface area contributed by atoms with E-state index in [4.69, 9.17) is 10.2 Å². The number of amides is 1. The molecule has 0 saturated heterocycles. The van der Waals surface area contributed by atoms with E-state index in [0.29, 0.717) is 0 Å². The van der Waals surface area contributed by atoms with Crippen molar-refractivity contribution in [3.63, 3.8) is 0 Å². The van der Waals surface area contributed by atoms with Crippen LogP contribution in [0.25, 0.3) is 11.1 Å². The second kappa shape index (κ2) is 2.55. The molecule has 0 spiro atoms. The van der Waals surface area contributed by atoms with E-state index >= 15 is 0 Å². The van der Waals surface area contributed by atoms with Crippen molar-refractivity contribution in [1.82, 2.24) is 4.98 Å². The molecule has 0 saturated carbocycles. The van der Waals surface area contributed by atoms with Crippen molar-refractivity contribution in [3.8, 4) is 0 Å².